The minimum atomic E-state index is 0.925. The normalized spacial score (nSPS) is 18.1. The van der Waals surface area contributed by atoms with Gasteiger partial charge in [0.1, 0.15) is 7.11 Å². The number of rotatable bonds is 1. The van der Waals surface area contributed by atoms with Gasteiger partial charge in [-0.2, -0.15) is 0 Å². The molecule has 1 aromatic carbocycles. The molecule has 0 aliphatic carbocycles. The Balaban J connectivity index is 2.47. The van der Waals surface area contributed by atoms with Crippen LogP contribution in [0.2, 0.25) is 0 Å². The molecule has 0 aromatic heterocycles. The molecule has 3 nitrogen and oxygen atoms in total. The molecule has 1 unspecified atom stereocenters. The van der Waals surface area contributed by atoms with Crippen molar-refractivity contribution in [2.24, 2.45) is 5.16 Å². The average Bonchev–Trinajstić information content (AvgIpc) is 2.23. The monoisotopic (exact) mass is 208 g/mol. The summed E-state index contributed by atoms with van der Waals surface area (Å²) in [6.45, 7) is 0.962. The quantitative estimate of drug-likeness (QED) is 0.521. The molecule has 0 radical (unpaired) electrons. The topological polar surface area (TPSA) is 24.8 Å². The summed E-state index contributed by atoms with van der Waals surface area (Å²) in [7, 11) is 4.31. The van der Waals surface area contributed by atoms with Crippen LogP contribution in [0.5, 0.6) is 0 Å². The molecule has 2 rings (SSSR count). The van der Waals surface area contributed by atoms with E-state index in [-0.39, 0.29) is 0 Å². The molecule has 0 amide bonds. The molecule has 1 heterocycles. The summed E-state index contributed by atoms with van der Waals surface area (Å²) in [5, 5.41) is 4.04. The van der Waals surface area contributed by atoms with E-state index < -0.39 is 0 Å². The van der Waals surface area contributed by atoms with Gasteiger partial charge in [-0.15, -0.1) is 0 Å². The Labute approximate surface area is 86.0 Å². The second-order valence-electron chi connectivity index (χ2n) is 3.18. The SMILES string of the molecule is CO/N=C1/CCN(P)c2ccccc21. The Bertz CT molecular complexity index is 365. The molecule has 0 saturated carbocycles. The zero-order chi connectivity index (χ0) is 9.97. The maximum absolute atomic E-state index is 4.84. The summed E-state index contributed by atoms with van der Waals surface area (Å²) < 4.78 is 2.16. The predicted molar refractivity (Wildman–Crippen MR) is 61.7 cm³/mol. The van der Waals surface area contributed by atoms with Crippen LogP contribution >= 0.6 is 9.39 Å². The van der Waals surface area contributed by atoms with Crippen LogP contribution in [0.4, 0.5) is 5.69 Å². The summed E-state index contributed by atoms with van der Waals surface area (Å²) in [6, 6.07) is 8.22. The number of benzene rings is 1. The zero-order valence-electron chi connectivity index (χ0n) is 8.10. The van der Waals surface area contributed by atoms with Gasteiger partial charge >= 0.3 is 0 Å². The van der Waals surface area contributed by atoms with Crippen LogP contribution in [-0.2, 0) is 4.84 Å². The van der Waals surface area contributed by atoms with Crippen LogP contribution in [0, 0.1) is 0 Å². The van der Waals surface area contributed by atoms with Gasteiger partial charge in [0.15, 0.2) is 0 Å². The number of para-hydroxylation sites is 1. The first-order chi connectivity index (χ1) is 6.83. The van der Waals surface area contributed by atoms with Crippen LogP contribution in [0.1, 0.15) is 12.0 Å². The third-order valence-electron chi connectivity index (χ3n) is 2.32. The highest BCUT2D eigenvalue weighted by molar-refractivity contribution is 7.19. The minimum Gasteiger partial charge on any atom is -0.399 e. The van der Waals surface area contributed by atoms with Crippen molar-refractivity contribution in [2.45, 2.75) is 6.42 Å². The molecule has 0 spiro atoms. The molecule has 1 aliphatic heterocycles. The Morgan fingerprint density at radius 2 is 2.21 bits per heavy atom. The third-order valence-corrected chi connectivity index (χ3v) is 2.85. The average molecular weight is 208 g/mol. The first kappa shape index (κ1) is 9.47. The number of hydrogen-bond donors (Lipinski definition) is 0. The molecule has 0 saturated heterocycles. The summed E-state index contributed by atoms with van der Waals surface area (Å²) in [5.74, 6) is 0. The number of fused-ring (bicyclic) bond motifs is 1. The van der Waals surface area contributed by atoms with Crippen molar-refractivity contribution < 1.29 is 4.84 Å². The number of hydrogen-bond acceptors (Lipinski definition) is 3. The van der Waals surface area contributed by atoms with Gasteiger partial charge in [0.25, 0.3) is 0 Å². The first-order valence-electron chi connectivity index (χ1n) is 4.54. The van der Waals surface area contributed by atoms with E-state index >= 15 is 0 Å². The van der Waals surface area contributed by atoms with Crippen molar-refractivity contribution in [1.82, 2.24) is 0 Å². The van der Waals surface area contributed by atoms with Crippen molar-refractivity contribution in [3.05, 3.63) is 29.8 Å². The van der Waals surface area contributed by atoms with Crippen molar-refractivity contribution in [3.8, 4) is 0 Å². The van der Waals surface area contributed by atoms with Crippen molar-refractivity contribution in [3.63, 3.8) is 0 Å². The Hall–Kier alpha value is -1.08. The van der Waals surface area contributed by atoms with E-state index in [1.807, 2.05) is 12.1 Å². The maximum Gasteiger partial charge on any atom is 0.106 e. The van der Waals surface area contributed by atoms with Crippen molar-refractivity contribution in [2.75, 3.05) is 18.3 Å². The zero-order valence-corrected chi connectivity index (χ0v) is 9.26. The van der Waals surface area contributed by atoms with E-state index in [0.29, 0.717) is 0 Å². The summed E-state index contributed by atoms with van der Waals surface area (Å²) in [4.78, 5) is 4.84. The van der Waals surface area contributed by atoms with Crippen LogP contribution < -0.4 is 4.67 Å². The fourth-order valence-electron chi connectivity index (χ4n) is 1.65. The molecular formula is C10H13N2OP. The number of oxime groups is 1. The van der Waals surface area contributed by atoms with Gasteiger partial charge in [-0.25, -0.2) is 0 Å². The molecular weight excluding hydrogens is 195 g/mol. The molecule has 4 heteroatoms. The van der Waals surface area contributed by atoms with Gasteiger partial charge < -0.3 is 9.51 Å². The van der Waals surface area contributed by atoms with Gasteiger partial charge in [-0.1, -0.05) is 23.4 Å². The second kappa shape index (κ2) is 3.97. The smallest absolute Gasteiger partial charge is 0.106 e. The van der Waals surface area contributed by atoms with Gasteiger partial charge in [-0.3, -0.25) is 0 Å². The maximum atomic E-state index is 4.84. The fourth-order valence-corrected chi connectivity index (χ4v) is 2.01. The van der Waals surface area contributed by atoms with E-state index in [0.717, 1.165) is 24.2 Å². The van der Waals surface area contributed by atoms with E-state index in [2.05, 4.69) is 31.3 Å². The second-order valence-corrected chi connectivity index (χ2v) is 3.80. The van der Waals surface area contributed by atoms with Gasteiger partial charge in [0.05, 0.1) is 5.71 Å². The summed E-state index contributed by atoms with van der Waals surface area (Å²) in [5.41, 5.74) is 3.39. The van der Waals surface area contributed by atoms with Gasteiger partial charge in [0.2, 0.25) is 0 Å². The number of anilines is 1. The summed E-state index contributed by atoms with van der Waals surface area (Å²) >= 11 is 0. The van der Waals surface area contributed by atoms with Gasteiger partial charge in [0, 0.05) is 24.2 Å². The van der Waals surface area contributed by atoms with Crippen LogP contribution in [0.15, 0.2) is 29.4 Å². The predicted octanol–water partition coefficient (Wildman–Crippen LogP) is 2.04. The fraction of sp³-hybridized carbons (Fsp3) is 0.300. The lowest BCUT2D eigenvalue weighted by Gasteiger charge is -2.27. The molecule has 1 aliphatic rings. The largest absolute Gasteiger partial charge is 0.399 e. The molecule has 14 heavy (non-hydrogen) atoms. The first-order valence-corrected chi connectivity index (χ1v) is 5.06. The Morgan fingerprint density at radius 3 is 3.00 bits per heavy atom. The van der Waals surface area contributed by atoms with Crippen molar-refractivity contribution in [1.29, 1.82) is 0 Å². The molecule has 74 valence electrons. The van der Waals surface area contributed by atoms with E-state index in [1.54, 1.807) is 7.11 Å². The molecule has 0 bridgehead atoms. The van der Waals surface area contributed by atoms with Crippen LogP contribution in [-0.4, -0.2) is 19.4 Å². The van der Waals surface area contributed by atoms with Crippen LogP contribution in [0.3, 0.4) is 0 Å². The van der Waals surface area contributed by atoms with Gasteiger partial charge in [-0.05, 0) is 15.5 Å². The highest BCUT2D eigenvalue weighted by Gasteiger charge is 2.18. The molecule has 1 atom stereocenters. The van der Waals surface area contributed by atoms with Crippen molar-refractivity contribution >= 4 is 20.8 Å². The highest BCUT2D eigenvalue weighted by Crippen LogP contribution is 2.29. The van der Waals surface area contributed by atoms with E-state index in [1.165, 1.54) is 5.69 Å². The summed E-state index contributed by atoms with van der Waals surface area (Å²) in [6.07, 6.45) is 0.925. The standard InChI is InChI=1S/C10H13N2OP/c1-13-11-9-6-7-12(14)10-5-3-2-4-8(9)10/h2-5H,6-7,14H2,1H3/b11-9-. The lowest BCUT2D eigenvalue weighted by atomic mass is 10.0. The third kappa shape index (κ3) is 1.60. The molecule has 0 N–H and O–H groups in total. The Kier molecular flexibility index (Phi) is 2.69. The van der Waals surface area contributed by atoms with E-state index in [9.17, 15) is 0 Å². The Morgan fingerprint density at radius 1 is 1.43 bits per heavy atom. The van der Waals surface area contributed by atoms with E-state index in [4.69, 9.17) is 4.84 Å². The number of nitrogens with zero attached hydrogens (tertiary/aromatic N) is 2. The molecule has 1 aromatic rings. The van der Waals surface area contributed by atoms with Crippen LogP contribution in [0.25, 0.3) is 0 Å². The molecule has 0 fully saturated rings. The lowest BCUT2D eigenvalue weighted by Crippen LogP contribution is -2.24. The highest BCUT2D eigenvalue weighted by atomic mass is 31.0. The minimum absolute atomic E-state index is 0.925. The lowest BCUT2D eigenvalue weighted by molar-refractivity contribution is 0.213.